The molecule has 6 heteroatoms. The highest BCUT2D eigenvalue weighted by molar-refractivity contribution is 5.75. The first-order chi connectivity index (χ1) is 10.5. The Morgan fingerprint density at radius 3 is 3.09 bits per heavy atom. The van der Waals surface area contributed by atoms with E-state index in [1.807, 2.05) is 29.7 Å². The van der Waals surface area contributed by atoms with Gasteiger partial charge in [0, 0.05) is 45.3 Å². The number of hydrogen-bond acceptors (Lipinski definition) is 3. The molecule has 0 spiro atoms. The smallest absolute Gasteiger partial charge is 0.317 e. The van der Waals surface area contributed by atoms with Crippen LogP contribution in [-0.4, -0.2) is 52.1 Å². The molecule has 2 fully saturated rings. The average Bonchev–Trinajstić information content (AvgIpc) is 2.92. The molecule has 0 radical (unpaired) electrons. The van der Waals surface area contributed by atoms with Gasteiger partial charge in [0.05, 0.1) is 17.3 Å². The molecule has 1 aliphatic heterocycles. The number of ether oxygens (including phenoxy) is 1. The zero-order chi connectivity index (χ0) is 15.7. The van der Waals surface area contributed by atoms with Crippen molar-refractivity contribution in [2.24, 2.45) is 7.05 Å². The standard InChI is InChI=1S/C16H26N4O2/c1-4-22-16(2)10-14(16)17-15(21)20-8-5-6-12(11-20)13-7-9-19(3)18-13/h7,9,12,14H,4-6,8,10-11H2,1-3H3,(H,17,21)/t12?,14-,16+/m1/s1. The highest BCUT2D eigenvalue weighted by Crippen LogP contribution is 2.39. The highest BCUT2D eigenvalue weighted by atomic mass is 16.5. The fourth-order valence-corrected chi connectivity index (χ4v) is 3.33. The molecule has 1 aromatic heterocycles. The van der Waals surface area contributed by atoms with Gasteiger partial charge in [-0.2, -0.15) is 5.10 Å². The Labute approximate surface area is 131 Å². The molecule has 1 unspecified atom stereocenters. The van der Waals surface area contributed by atoms with Gasteiger partial charge in [0.2, 0.25) is 0 Å². The Morgan fingerprint density at radius 1 is 1.59 bits per heavy atom. The molecule has 22 heavy (non-hydrogen) atoms. The van der Waals surface area contributed by atoms with Gasteiger partial charge in [-0.15, -0.1) is 0 Å². The quantitative estimate of drug-likeness (QED) is 0.924. The SMILES string of the molecule is CCO[C@@]1(C)C[C@H]1NC(=O)N1CCCC(c2ccn(C)n2)C1. The lowest BCUT2D eigenvalue weighted by atomic mass is 9.95. The summed E-state index contributed by atoms with van der Waals surface area (Å²) in [5.41, 5.74) is 0.922. The summed E-state index contributed by atoms with van der Waals surface area (Å²) in [6.07, 6.45) is 5.00. The van der Waals surface area contributed by atoms with Crippen molar-refractivity contribution in [2.75, 3.05) is 19.7 Å². The molecule has 2 aliphatic rings. The van der Waals surface area contributed by atoms with Crippen LogP contribution in [0.3, 0.4) is 0 Å². The number of hydrogen-bond donors (Lipinski definition) is 1. The minimum absolute atomic E-state index is 0.0362. The molecule has 1 aromatic rings. The van der Waals surface area contributed by atoms with Crippen molar-refractivity contribution in [2.45, 2.75) is 50.7 Å². The van der Waals surface area contributed by atoms with Gasteiger partial charge in [-0.3, -0.25) is 4.68 Å². The van der Waals surface area contributed by atoms with Crippen LogP contribution in [-0.2, 0) is 11.8 Å². The van der Waals surface area contributed by atoms with Gasteiger partial charge in [0.1, 0.15) is 0 Å². The molecule has 2 amide bonds. The number of aromatic nitrogens is 2. The maximum atomic E-state index is 12.5. The maximum absolute atomic E-state index is 12.5. The number of piperidine rings is 1. The van der Waals surface area contributed by atoms with Crippen molar-refractivity contribution >= 4 is 6.03 Å². The second-order valence-corrected chi connectivity index (χ2v) is 6.65. The van der Waals surface area contributed by atoms with Crippen LogP contribution in [0.5, 0.6) is 0 Å². The second kappa shape index (κ2) is 5.91. The van der Waals surface area contributed by atoms with Crippen molar-refractivity contribution < 1.29 is 9.53 Å². The molecule has 0 bridgehead atoms. The normalized spacial score (nSPS) is 31.1. The molecule has 1 N–H and O–H groups in total. The number of carbonyl (C=O) groups is 1. The number of aryl methyl sites for hydroxylation is 1. The topological polar surface area (TPSA) is 59.4 Å². The number of urea groups is 1. The molecule has 1 saturated heterocycles. The second-order valence-electron chi connectivity index (χ2n) is 6.65. The molecule has 1 saturated carbocycles. The summed E-state index contributed by atoms with van der Waals surface area (Å²) in [6, 6.07) is 2.24. The van der Waals surface area contributed by atoms with E-state index in [0.717, 1.165) is 38.0 Å². The lowest BCUT2D eigenvalue weighted by Crippen LogP contribution is -2.47. The van der Waals surface area contributed by atoms with Crippen LogP contribution in [0.2, 0.25) is 0 Å². The van der Waals surface area contributed by atoms with Gasteiger partial charge in [-0.05, 0) is 32.8 Å². The first-order valence-electron chi connectivity index (χ1n) is 8.21. The lowest BCUT2D eigenvalue weighted by Gasteiger charge is -2.32. The Kier molecular flexibility index (Phi) is 4.12. The lowest BCUT2D eigenvalue weighted by molar-refractivity contribution is 0.0484. The van der Waals surface area contributed by atoms with E-state index in [1.165, 1.54) is 0 Å². The zero-order valence-electron chi connectivity index (χ0n) is 13.7. The zero-order valence-corrected chi connectivity index (χ0v) is 13.7. The number of carbonyl (C=O) groups excluding carboxylic acids is 1. The van der Waals surface area contributed by atoms with Crippen LogP contribution in [0.1, 0.15) is 44.7 Å². The Morgan fingerprint density at radius 2 is 2.41 bits per heavy atom. The molecule has 1 aliphatic carbocycles. The average molecular weight is 306 g/mol. The van der Waals surface area contributed by atoms with Crippen LogP contribution in [0, 0.1) is 0 Å². The number of rotatable bonds is 4. The molecule has 3 atom stereocenters. The van der Waals surface area contributed by atoms with E-state index >= 15 is 0 Å². The fourth-order valence-electron chi connectivity index (χ4n) is 3.33. The number of nitrogens with zero attached hydrogens (tertiary/aromatic N) is 3. The summed E-state index contributed by atoms with van der Waals surface area (Å²) in [6.45, 7) is 6.32. The van der Waals surface area contributed by atoms with Crippen LogP contribution < -0.4 is 5.32 Å². The van der Waals surface area contributed by atoms with Crippen molar-refractivity contribution in [3.8, 4) is 0 Å². The maximum Gasteiger partial charge on any atom is 0.317 e. The Hall–Kier alpha value is -1.56. The molecule has 6 nitrogen and oxygen atoms in total. The third-order valence-electron chi connectivity index (χ3n) is 4.82. The summed E-state index contributed by atoms with van der Waals surface area (Å²) in [5, 5.41) is 7.60. The summed E-state index contributed by atoms with van der Waals surface area (Å²) in [4.78, 5) is 14.4. The number of nitrogens with one attached hydrogen (secondary N) is 1. The minimum Gasteiger partial charge on any atom is -0.373 e. The third kappa shape index (κ3) is 3.11. The minimum atomic E-state index is -0.166. The van der Waals surface area contributed by atoms with Crippen molar-refractivity contribution in [1.29, 1.82) is 0 Å². The predicted octanol–water partition coefficient (Wildman–Crippen LogP) is 1.88. The van der Waals surface area contributed by atoms with Crippen molar-refractivity contribution in [3.63, 3.8) is 0 Å². The van der Waals surface area contributed by atoms with Gasteiger partial charge in [-0.25, -0.2) is 4.79 Å². The summed E-state index contributed by atoms with van der Waals surface area (Å²) in [5.74, 6) is 0.346. The van der Waals surface area contributed by atoms with Gasteiger partial charge in [0.25, 0.3) is 0 Å². The van der Waals surface area contributed by atoms with Gasteiger partial charge < -0.3 is 15.0 Å². The van der Waals surface area contributed by atoms with Crippen molar-refractivity contribution in [3.05, 3.63) is 18.0 Å². The van der Waals surface area contributed by atoms with Crippen LogP contribution >= 0.6 is 0 Å². The van der Waals surface area contributed by atoms with Crippen LogP contribution in [0.25, 0.3) is 0 Å². The molecular weight excluding hydrogens is 280 g/mol. The molecule has 0 aromatic carbocycles. The molecule has 3 rings (SSSR count). The highest BCUT2D eigenvalue weighted by Gasteiger charge is 2.52. The molecule has 2 heterocycles. The first-order valence-corrected chi connectivity index (χ1v) is 8.21. The van der Waals surface area contributed by atoms with E-state index < -0.39 is 0 Å². The van der Waals surface area contributed by atoms with Crippen LogP contribution in [0.15, 0.2) is 12.3 Å². The van der Waals surface area contributed by atoms with E-state index in [0.29, 0.717) is 12.5 Å². The van der Waals surface area contributed by atoms with Crippen molar-refractivity contribution in [1.82, 2.24) is 20.0 Å². The Balaban J connectivity index is 1.55. The monoisotopic (exact) mass is 306 g/mol. The number of likely N-dealkylation sites (tertiary alicyclic amines) is 1. The summed E-state index contributed by atoms with van der Waals surface area (Å²) in [7, 11) is 1.93. The van der Waals surface area contributed by atoms with Gasteiger partial charge in [-0.1, -0.05) is 0 Å². The molecule has 122 valence electrons. The van der Waals surface area contributed by atoms with Crippen LogP contribution in [0.4, 0.5) is 4.79 Å². The van der Waals surface area contributed by atoms with E-state index in [1.54, 1.807) is 0 Å². The molecular formula is C16H26N4O2. The largest absolute Gasteiger partial charge is 0.373 e. The van der Waals surface area contributed by atoms with E-state index in [9.17, 15) is 4.79 Å². The van der Waals surface area contributed by atoms with Gasteiger partial charge in [0.15, 0.2) is 0 Å². The number of amides is 2. The Bertz CT molecular complexity index is 544. The van der Waals surface area contributed by atoms with E-state index in [4.69, 9.17) is 4.74 Å². The van der Waals surface area contributed by atoms with E-state index in [2.05, 4.69) is 23.4 Å². The summed E-state index contributed by atoms with van der Waals surface area (Å²) < 4.78 is 7.51. The predicted molar refractivity (Wildman–Crippen MR) is 83.7 cm³/mol. The van der Waals surface area contributed by atoms with Gasteiger partial charge >= 0.3 is 6.03 Å². The fraction of sp³-hybridized carbons (Fsp3) is 0.750. The van der Waals surface area contributed by atoms with E-state index in [-0.39, 0.29) is 17.7 Å². The first kappa shape index (κ1) is 15.3. The summed E-state index contributed by atoms with van der Waals surface area (Å²) >= 11 is 0. The third-order valence-corrected chi connectivity index (χ3v) is 4.82.